The fraction of sp³-hybridized carbons (Fsp3) is 0.417. The normalized spacial score (nSPS) is 13.2. The van der Waals surface area contributed by atoms with Crippen LogP contribution < -0.4 is 5.73 Å². The van der Waals surface area contributed by atoms with Crippen molar-refractivity contribution in [3.05, 3.63) is 24.0 Å². The second-order valence-electron chi connectivity index (χ2n) is 4.14. The molecule has 0 aliphatic carbocycles. The van der Waals surface area contributed by atoms with Gasteiger partial charge in [-0.3, -0.25) is 0 Å². The van der Waals surface area contributed by atoms with Crippen LogP contribution in [-0.4, -0.2) is 21.3 Å². The van der Waals surface area contributed by atoms with Crippen molar-refractivity contribution in [1.82, 2.24) is 9.55 Å². The van der Waals surface area contributed by atoms with Gasteiger partial charge in [-0.05, 0) is 38.5 Å². The minimum atomic E-state index is 0.190. The number of aliphatic hydroxyl groups excluding tert-OH is 1. The lowest BCUT2D eigenvalue weighted by molar-refractivity contribution is 0.263. The number of anilines is 1. The number of hydrogen-bond acceptors (Lipinski definition) is 3. The predicted octanol–water partition coefficient (Wildman–Crippen LogP) is 1.87. The van der Waals surface area contributed by atoms with Gasteiger partial charge in [0.2, 0.25) is 0 Å². The van der Waals surface area contributed by atoms with Crippen molar-refractivity contribution in [3.63, 3.8) is 0 Å². The van der Waals surface area contributed by atoms with Crippen LogP contribution in [0.5, 0.6) is 0 Å². The highest BCUT2D eigenvalue weighted by Crippen LogP contribution is 2.24. The summed E-state index contributed by atoms with van der Waals surface area (Å²) in [7, 11) is 0. The van der Waals surface area contributed by atoms with Gasteiger partial charge in [0.15, 0.2) is 0 Å². The molecule has 1 heterocycles. The molecule has 1 unspecified atom stereocenters. The van der Waals surface area contributed by atoms with Crippen molar-refractivity contribution in [2.24, 2.45) is 0 Å². The summed E-state index contributed by atoms with van der Waals surface area (Å²) >= 11 is 0. The summed E-state index contributed by atoms with van der Waals surface area (Å²) in [6.07, 6.45) is 0.733. The van der Waals surface area contributed by atoms with Crippen molar-refractivity contribution in [2.75, 3.05) is 12.3 Å². The van der Waals surface area contributed by atoms with Gasteiger partial charge in [-0.2, -0.15) is 0 Å². The van der Waals surface area contributed by atoms with E-state index in [0.29, 0.717) is 0 Å². The molecule has 2 aromatic rings. The average molecular weight is 219 g/mol. The molecule has 0 aliphatic rings. The number of rotatable bonds is 3. The van der Waals surface area contributed by atoms with Crippen LogP contribution in [-0.2, 0) is 0 Å². The first-order valence-electron chi connectivity index (χ1n) is 5.48. The minimum Gasteiger partial charge on any atom is -0.399 e. The Balaban J connectivity index is 2.55. The van der Waals surface area contributed by atoms with E-state index in [4.69, 9.17) is 10.8 Å². The number of aromatic nitrogens is 2. The van der Waals surface area contributed by atoms with Gasteiger partial charge in [0.1, 0.15) is 5.82 Å². The summed E-state index contributed by atoms with van der Waals surface area (Å²) in [6.45, 7) is 4.25. The number of hydrogen-bond donors (Lipinski definition) is 2. The first-order valence-corrected chi connectivity index (χ1v) is 5.48. The Morgan fingerprint density at radius 3 is 2.94 bits per heavy atom. The van der Waals surface area contributed by atoms with E-state index in [0.717, 1.165) is 29.0 Å². The SMILES string of the molecule is Cc1nc2cc(N)ccc2n1C(C)CCO. The molecule has 3 N–H and O–H groups in total. The van der Waals surface area contributed by atoms with E-state index in [1.165, 1.54) is 0 Å². The van der Waals surface area contributed by atoms with Crippen molar-refractivity contribution < 1.29 is 5.11 Å². The molecule has 0 spiro atoms. The van der Waals surface area contributed by atoms with Crippen LogP contribution in [0.25, 0.3) is 11.0 Å². The van der Waals surface area contributed by atoms with E-state index < -0.39 is 0 Å². The molecule has 0 aliphatic heterocycles. The minimum absolute atomic E-state index is 0.190. The van der Waals surface area contributed by atoms with Crippen LogP contribution in [0, 0.1) is 6.92 Å². The van der Waals surface area contributed by atoms with Crippen molar-refractivity contribution in [3.8, 4) is 0 Å². The zero-order valence-corrected chi connectivity index (χ0v) is 9.64. The summed E-state index contributed by atoms with van der Waals surface area (Å²) < 4.78 is 2.14. The summed E-state index contributed by atoms with van der Waals surface area (Å²) in [5.41, 5.74) is 8.45. The first-order chi connectivity index (χ1) is 7.63. The summed E-state index contributed by atoms with van der Waals surface area (Å²) in [6, 6.07) is 5.99. The number of nitrogen functional groups attached to an aromatic ring is 1. The molecule has 0 bridgehead atoms. The number of imidazole rings is 1. The van der Waals surface area contributed by atoms with Crippen LogP contribution in [0.4, 0.5) is 5.69 Å². The van der Waals surface area contributed by atoms with Crippen molar-refractivity contribution >= 4 is 16.7 Å². The van der Waals surface area contributed by atoms with E-state index in [-0.39, 0.29) is 12.6 Å². The molecule has 16 heavy (non-hydrogen) atoms. The summed E-state index contributed by atoms with van der Waals surface area (Å²) in [4.78, 5) is 4.48. The molecule has 1 aromatic carbocycles. The van der Waals surface area contributed by atoms with Gasteiger partial charge < -0.3 is 15.4 Å². The van der Waals surface area contributed by atoms with Crippen molar-refractivity contribution in [1.29, 1.82) is 0 Å². The van der Waals surface area contributed by atoms with Crippen LogP contribution in [0.2, 0.25) is 0 Å². The maximum absolute atomic E-state index is 8.99. The Morgan fingerprint density at radius 2 is 2.25 bits per heavy atom. The standard InChI is InChI=1S/C12H17N3O/c1-8(5-6-16)15-9(2)14-11-7-10(13)3-4-12(11)15/h3-4,7-8,16H,5-6,13H2,1-2H3. The number of nitrogens with two attached hydrogens (primary N) is 1. The zero-order valence-electron chi connectivity index (χ0n) is 9.64. The molecule has 0 saturated carbocycles. The number of fused-ring (bicyclic) bond motifs is 1. The molecule has 0 saturated heterocycles. The number of aryl methyl sites for hydroxylation is 1. The van der Waals surface area contributed by atoms with Crippen LogP contribution in [0.3, 0.4) is 0 Å². The maximum Gasteiger partial charge on any atom is 0.106 e. The topological polar surface area (TPSA) is 64.1 Å². The highest BCUT2D eigenvalue weighted by molar-refractivity contribution is 5.79. The molecule has 86 valence electrons. The number of benzene rings is 1. The van der Waals surface area contributed by atoms with Gasteiger partial charge in [-0.15, -0.1) is 0 Å². The third kappa shape index (κ3) is 1.76. The summed E-state index contributed by atoms with van der Waals surface area (Å²) in [5, 5.41) is 8.99. The second kappa shape index (κ2) is 4.14. The number of aliphatic hydroxyl groups is 1. The monoisotopic (exact) mass is 219 g/mol. The Bertz CT molecular complexity index is 504. The molecular formula is C12H17N3O. The maximum atomic E-state index is 8.99. The highest BCUT2D eigenvalue weighted by Gasteiger charge is 2.12. The first kappa shape index (κ1) is 11.0. The molecule has 4 nitrogen and oxygen atoms in total. The molecule has 2 rings (SSSR count). The van der Waals surface area contributed by atoms with Gasteiger partial charge in [-0.1, -0.05) is 0 Å². The molecule has 4 heteroatoms. The molecule has 0 radical (unpaired) electrons. The summed E-state index contributed by atoms with van der Waals surface area (Å²) in [5.74, 6) is 0.960. The lowest BCUT2D eigenvalue weighted by Crippen LogP contribution is -2.08. The van der Waals surface area contributed by atoms with Crippen LogP contribution in [0.15, 0.2) is 18.2 Å². The molecular weight excluding hydrogens is 202 g/mol. The average Bonchev–Trinajstić information content (AvgIpc) is 2.53. The fourth-order valence-corrected chi connectivity index (χ4v) is 2.11. The Hall–Kier alpha value is -1.55. The molecule has 0 amide bonds. The van der Waals surface area contributed by atoms with Gasteiger partial charge in [0.25, 0.3) is 0 Å². The lowest BCUT2D eigenvalue weighted by Gasteiger charge is -2.15. The van der Waals surface area contributed by atoms with Crippen LogP contribution >= 0.6 is 0 Å². The van der Waals surface area contributed by atoms with E-state index in [2.05, 4.69) is 16.5 Å². The quantitative estimate of drug-likeness (QED) is 0.774. The third-order valence-corrected chi connectivity index (χ3v) is 2.88. The smallest absolute Gasteiger partial charge is 0.106 e. The fourth-order valence-electron chi connectivity index (χ4n) is 2.11. The van der Waals surface area contributed by atoms with Gasteiger partial charge >= 0.3 is 0 Å². The lowest BCUT2D eigenvalue weighted by atomic mass is 10.2. The Morgan fingerprint density at radius 1 is 1.50 bits per heavy atom. The predicted molar refractivity (Wildman–Crippen MR) is 65.3 cm³/mol. The third-order valence-electron chi connectivity index (χ3n) is 2.88. The highest BCUT2D eigenvalue weighted by atomic mass is 16.3. The van der Waals surface area contributed by atoms with E-state index in [1.54, 1.807) is 0 Å². The molecule has 1 atom stereocenters. The molecule has 1 aromatic heterocycles. The van der Waals surface area contributed by atoms with E-state index >= 15 is 0 Å². The van der Waals surface area contributed by atoms with Gasteiger partial charge in [-0.25, -0.2) is 4.98 Å². The zero-order chi connectivity index (χ0) is 11.7. The van der Waals surface area contributed by atoms with E-state index in [9.17, 15) is 0 Å². The molecule has 0 fully saturated rings. The van der Waals surface area contributed by atoms with Gasteiger partial charge in [0, 0.05) is 18.3 Å². The number of nitrogens with zero attached hydrogens (tertiary/aromatic N) is 2. The Kier molecular flexibility index (Phi) is 2.83. The van der Waals surface area contributed by atoms with Crippen molar-refractivity contribution in [2.45, 2.75) is 26.3 Å². The van der Waals surface area contributed by atoms with Gasteiger partial charge in [0.05, 0.1) is 11.0 Å². The van der Waals surface area contributed by atoms with E-state index in [1.807, 2.05) is 25.1 Å². The Labute approximate surface area is 94.7 Å². The van der Waals surface area contributed by atoms with Crippen LogP contribution in [0.1, 0.15) is 25.2 Å². The second-order valence-corrected chi connectivity index (χ2v) is 4.14. The largest absolute Gasteiger partial charge is 0.399 e.